The molecule has 3 aromatic carbocycles. The summed E-state index contributed by atoms with van der Waals surface area (Å²) in [4.78, 5) is 67.8. The summed E-state index contributed by atoms with van der Waals surface area (Å²) in [6.45, 7) is 0.598. The first-order chi connectivity index (χ1) is 20.8. The van der Waals surface area contributed by atoms with E-state index in [0.29, 0.717) is 24.2 Å². The first-order valence-corrected chi connectivity index (χ1v) is 14.1. The minimum absolute atomic E-state index is 0.122. The summed E-state index contributed by atoms with van der Waals surface area (Å²) in [6, 6.07) is 21.6. The highest BCUT2D eigenvalue weighted by Gasteiger charge is 2.39. The molecule has 1 aromatic heterocycles. The predicted molar refractivity (Wildman–Crippen MR) is 159 cm³/mol. The normalized spacial score (nSPS) is 16.1. The molecular formula is C33H29N5O5. The van der Waals surface area contributed by atoms with E-state index in [1.165, 1.54) is 4.90 Å². The molecule has 0 aliphatic carbocycles. The van der Waals surface area contributed by atoms with Crippen molar-refractivity contribution >= 4 is 46.0 Å². The summed E-state index contributed by atoms with van der Waals surface area (Å²) in [5, 5.41) is 10.1. The zero-order chi connectivity index (χ0) is 29.9. The number of amides is 5. The van der Waals surface area contributed by atoms with Crippen LogP contribution in [0.4, 0.5) is 5.69 Å². The standard InChI is InChI=1S/C33H29N5O5/c39-29-12-11-28(32(42)37-29)38-19-23-16-24(9-10-26(23)33(38)43)36-31(41)15-20-5-7-21(8-6-20)18-35-30(40)17-27-25-4-2-1-3-22(25)13-14-34-27/h1-10,13-14,16,28H,11-12,15,17-19H2,(H,35,40)(H,36,41)(H,37,39,42). The lowest BCUT2D eigenvalue weighted by Gasteiger charge is -2.29. The molecule has 1 unspecified atom stereocenters. The van der Waals surface area contributed by atoms with Crippen LogP contribution in [0.3, 0.4) is 0 Å². The van der Waals surface area contributed by atoms with Gasteiger partial charge in [-0.1, -0.05) is 48.5 Å². The summed E-state index contributed by atoms with van der Waals surface area (Å²) in [6.07, 6.45) is 2.53. The van der Waals surface area contributed by atoms with Crippen LogP contribution in [0.1, 0.15) is 45.6 Å². The Kier molecular flexibility index (Phi) is 7.65. The van der Waals surface area contributed by atoms with E-state index in [1.54, 1.807) is 24.4 Å². The van der Waals surface area contributed by atoms with E-state index in [2.05, 4.69) is 20.9 Å². The van der Waals surface area contributed by atoms with Crippen LogP contribution in [0.15, 0.2) is 79.0 Å². The minimum atomic E-state index is -0.687. The molecule has 1 fully saturated rings. The molecule has 0 saturated carbocycles. The highest BCUT2D eigenvalue weighted by Crippen LogP contribution is 2.29. The number of rotatable bonds is 8. The van der Waals surface area contributed by atoms with Gasteiger partial charge in [-0.2, -0.15) is 0 Å². The first-order valence-electron chi connectivity index (χ1n) is 14.1. The van der Waals surface area contributed by atoms with Crippen molar-refractivity contribution in [3.63, 3.8) is 0 Å². The van der Waals surface area contributed by atoms with Gasteiger partial charge in [-0.05, 0) is 52.8 Å². The number of hydrogen-bond acceptors (Lipinski definition) is 6. The number of carbonyl (C=O) groups is 5. The summed E-state index contributed by atoms with van der Waals surface area (Å²) in [5.74, 6) is -1.39. The van der Waals surface area contributed by atoms with Crippen molar-refractivity contribution in [3.05, 3.63) is 107 Å². The number of fused-ring (bicyclic) bond motifs is 2. The number of carbonyl (C=O) groups excluding carboxylic acids is 5. The van der Waals surface area contributed by atoms with E-state index in [9.17, 15) is 24.0 Å². The molecule has 1 atom stereocenters. The Morgan fingerprint density at radius 2 is 1.70 bits per heavy atom. The maximum Gasteiger partial charge on any atom is 0.255 e. The summed E-state index contributed by atoms with van der Waals surface area (Å²) in [5.41, 5.74) is 4.22. The Hall–Kier alpha value is -5.38. The molecule has 4 aromatic rings. The Morgan fingerprint density at radius 1 is 0.907 bits per heavy atom. The molecule has 2 aliphatic rings. The number of nitrogens with one attached hydrogen (secondary N) is 3. The van der Waals surface area contributed by atoms with Crippen LogP contribution < -0.4 is 16.0 Å². The third-order valence-electron chi connectivity index (χ3n) is 7.77. The summed E-state index contributed by atoms with van der Waals surface area (Å²) >= 11 is 0. The van der Waals surface area contributed by atoms with E-state index >= 15 is 0 Å². The van der Waals surface area contributed by atoms with E-state index in [4.69, 9.17) is 0 Å². The molecule has 0 spiro atoms. The third kappa shape index (κ3) is 6.13. The van der Waals surface area contributed by atoms with Crippen molar-refractivity contribution in [1.82, 2.24) is 20.5 Å². The topological polar surface area (TPSA) is 138 Å². The maximum absolute atomic E-state index is 12.9. The van der Waals surface area contributed by atoms with Gasteiger partial charge in [-0.15, -0.1) is 0 Å². The van der Waals surface area contributed by atoms with Crippen LogP contribution in [-0.2, 0) is 45.1 Å². The Morgan fingerprint density at radius 3 is 2.51 bits per heavy atom. The number of piperidine rings is 1. The maximum atomic E-state index is 12.9. The van der Waals surface area contributed by atoms with Crippen molar-refractivity contribution in [2.45, 2.75) is 44.8 Å². The largest absolute Gasteiger partial charge is 0.352 e. The van der Waals surface area contributed by atoms with Gasteiger partial charge < -0.3 is 15.5 Å². The van der Waals surface area contributed by atoms with E-state index < -0.39 is 11.9 Å². The van der Waals surface area contributed by atoms with Crippen molar-refractivity contribution in [2.75, 3.05) is 5.32 Å². The fourth-order valence-electron chi connectivity index (χ4n) is 5.56. The molecule has 43 heavy (non-hydrogen) atoms. The second-order valence-corrected chi connectivity index (χ2v) is 10.7. The smallest absolute Gasteiger partial charge is 0.255 e. The van der Waals surface area contributed by atoms with Crippen LogP contribution in [0.2, 0.25) is 0 Å². The molecule has 3 N–H and O–H groups in total. The van der Waals surface area contributed by atoms with Crippen molar-refractivity contribution in [1.29, 1.82) is 0 Å². The minimum Gasteiger partial charge on any atom is -0.352 e. The molecule has 2 aliphatic heterocycles. The molecule has 3 heterocycles. The number of anilines is 1. The zero-order valence-corrected chi connectivity index (χ0v) is 23.3. The van der Waals surface area contributed by atoms with Gasteiger partial charge in [-0.25, -0.2) is 0 Å². The SMILES string of the molecule is O=C(Cc1nccc2ccccc12)NCc1ccc(CC(=O)Nc2ccc3c(c2)CN(C2CCC(=O)NC2=O)C3=O)cc1. The predicted octanol–water partition coefficient (Wildman–Crippen LogP) is 3.04. The van der Waals surface area contributed by atoms with Gasteiger partial charge in [0.25, 0.3) is 5.91 Å². The molecule has 5 amide bonds. The number of aromatic nitrogens is 1. The lowest BCUT2D eigenvalue weighted by molar-refractivity contribution is -0.137. The van der Waals surface area contributed by atoms with E-state index in [0.717, 1.165) is 33.2 Å². The number of pyridine rings is 1. The van der Waals surface area contributed by atoms with Crippen LogP contribution in [-0.4, -0.2) is 45.5 Å². The average molecular weight is 576 g/mol. The molecular weight excluding hydrogens is 546 g/mol. The van der Waals surface area contributed by atoms with Crippen molar-refractivity contribution in [3.8, 4) is 0 Å². The first kappa shape index (κ1) is 27.8. The van der Waals surface area contributed by atoms with Crippen LogP contribution in [0.25, 0.3) is 10.8 Å². The molecule has 216 valence electrons. The number of nitrogens with zero attached hydrogens (tertiary/aromatic N) is 2. The van der Waals surface area contributed by atoms with Gasteiger partial charge in [0, 0.05) is 42.3 Å². The van der Waals surface area contributed by atoms with Crippen LogP contribution in [0, 0.1) is 0 Å². The Bertz CT molecular complexity index is 1760. The van der Waals surface area contributed by atoms with Gasteiger partial charge in [0.2, 0.25) is 23.6 Å². The second kappa shape index (κ2) is 11.8. The molecule has 1 saturated heterocycles. The highest BCUT2D eigenvalue weighted by molar-refractivity contribution is 6.05. The average Bonchev–Trinajstić information content (AvgIpc) is 3.32. The van der Waals surface area contributed by atoms with Crippen molar-refractivity contribution in [2.24, 2.45) is 0 Å². The van der Waals surface area contributed by atoms with Crippen molar-refractivity contribution < 1.29 is 24.0 Å². The van der Waals surface area contributed by atoms with Gasteiger partial charge >= 0.3 is 0 Å². The van der Waals surface area contributed by atoms with Gasteiger partial charge in [-0.3, -0.25) is 34.3 Å². The fraction of sp³-hybridized carbons (Fsp3) is 0.212. The monoisotopic (exact) mass is 575 g/mol. The summed E-state index contributed by atoms with van der Waals surface area (Å²) < 4.78 is 0. The molecule has 6 rings (SSSR count). The third-order valence-corrected chi connectivity index (χ3v) is 7.77. The van der Waals surface area contributed by atoms with Gasteiger partial charge in [0.05, 0.1) is 18.5 Å². The Labute approximate surface area is 247 Å². The second-order valence-electron chi connectivity index (χ2n) is 10.7. The lowest BCUT2D eigenvalue weighted by atomic mass is 10.0. The van der Waals surface area contributed by atoms with Gasteiger partial charge in [0.1, 0.15) is 6.04 Å². The number of benzene rings is 3. The van der Waals surface area contributed by atoms with Gasteiger partial charge in [0.15, 0.2) is 0 Å². The summed E-state index contributed by atoms with van der Waals surface area (Å²) in [7, 11) is 0. The molecule has 0 bridgehead atoms. The Balaban J connectivity index is 1.00. The number of hydrogen-bond donors (Lipinski definition) is 3. The molecule has 10 heteroatoms. The molecule has 10 nitrogen and oxygen atoms in total. The lowest BCUT2D eigenvalue weighted by Crippen LogP contribution is -2.52. The zero-order valence-electron chi connectivity index (χ0n) is 23.3. The van der Waals surface area contributed by atoms with Crippen LogP contribution in [0.5, 0.6) is 0 Å². The van der Waals surface area contributed by atoms with Crippen LogP contribution >= 0.6 is 0 Å². The fourth-order valence-corrected chi connectivity index (χ4v) is 5.56. The quantitative estimate of drug-likeness (QED) is 0.276. The van der Waals surface area contributed by atoms with E-state index in [-0.39, 0.29) is 49.4 Å². The number of imide groups is 1. The molecule has 0 radical (unpaired) electrons. The highest BCUT2D eigenvalue weighted by atomic mass is 16.2. The van der Waals surface area contributed by atoms with E-state index in [1.807, 2.05) is 54.6 Å².